The number of nitrogens with zero attached hydrogens (tertiary/aromatic N) is 2. The van der Waals surface area contributed by atoms with Crippen molar-refractivity contribution in [3.63, 3.8) is 0 Å². The standard InChI is InChI=1S/C30H64N2/c1-7-27-31(9-3)29-25-23-21-19-17-15-13-11-12-14-16-18-20-22-24-26-30(5,6)32(10-4)28-8-2/h7-29H2,1-6H3. The van der Waals surface area contributed by atoms with Crippen LogP contribution >= 0.6 is 0 Å². The lowest BCUT2D eigenvalue weighted by molar-refractivity contribution is 0.115. The van der Waals surface area contributed by atoms with Crippen molar-refractivity contribution in [1.29, 1.82) is 0 Å². The molecular formula is C30H64N2. The normalized spacial score (nSPS) is 12.4. The Labute approximate surface area is 205 Å². The van der Waals surface area contributed by atoms with Crippen molar-refractivity contribution in [2.75, 3.05) is 32.7 Å². The van der Waals surface area contributed by atoms with Gasteiger partial charge in [-0.3, -0.25) is 4.90 Å². The summed E-state index contributed by atoms with van der Waals surface area (Å²) in [6.07, 6.45) is 25.7. The molecule has 0 fully saturated rings. The minimum Gasteiger partial charge on any atom is -0.304 e. The third-order valence-electron chi connectivity index (χ3n) is 7.48. The van der Waals surface area contributed by atoms with E-state index in [1.165, 1.54) is 148 Å². The lowest BCUT2D eigenvalue weighted by Gasteiger charge is -2.38. The smallest absolute Gasteiger partial charge is 0.0153 e. The van der Waals surface area contributed by atoms with Crippen LogP contribution in [0.4, 0.5) is 0 Å². The summed E-state index contributed by atoms with van der Waals surface area (Å²) in [5.41, 5.74) is 0.385. The number of unbranched alkanes of at least 4 members (excludes halogenated alkanes) is 14. The molecular weight excluding hydrogens is 388 g/mol. The van der Waals surface area contributed by atoms with Gasteiger partial charge in [0, 0.05) is 5.54 Å². The van der Waals surface area contributed by atoms with Gasteiger partial charge in [-0.05, 0) is 72.3 Å². The molecule has 0 saturated carbocycles. The maximum absolute atomic E-state index is 2.67. The summed E-state index contributed by atoms with van der Waals surface area (Å²) in [5, 5.41) is 0. The Morgan fingerprint density at radius 3 is 1.22 bits per heavy atom. The average molecular weight is 453 g/mol. The molecule has 0 aliphatic heterocycles. The summed E-state index contributed by atoms with van der Waals surface area (Å²) in [6, 6.07) is 0. The van der Waals surface area contributed by atoms with Crippen LogP contribution in [0.25, 0.3) is 0 Å². The van der Waals surface area contributed by atoms with Gasteiger partial charge in [0.15, 0.2) is 0 Å². The van der Waals surface area contributed by atoms with Gasteiger partial charge in [0.1, 0.15) is 0 Å². The van der Waals surface area contributed by atoms with Crippen LogP contribution in [-0.4, -0.2) is 48.1 Å². The molecule has 0 aromatic carbocycles. The van der Waals surface area contributed by atoms with E-state index in [1.807, 2.05) is 0 Å². The Morgan fingerprint density at radius 2 is 0.844 bits per heavy atom. The molecule has 0 spiro atoms. The van der Waals surface area contributed by atoms with E-state index in [1.54, 1.807) is 0 Å². The van der Waals surface area contributed by atoms with E-state index in [-0.39, 0.29) is 0 Å². The molecule has 2 heteroatoms. The third-order valence-corrected chi connectivity index (χ3v) is 7.48. The van der Waals surface area contributed by atoms with Crippen LogP contribution in [0.1, 0.15) is 157 Å². The molecule has 0 unspecified atom stereocenters. The van der Waals surface area contributed by atoms with E-state index in [9.17, 15) is 0 Å². The quantitative estimate of drug-likeness (QED) is 0.127. The predicted octanol–water partition coefficient (Wildman–Crippen LogP) is 9.47. The fourth-order valence-electron chi connectivity index (χ4n) is 5.25. The lowest BCUT2D eigenvalue weighted by Crippen LogP contribution is -2.44. The van der Waals surface area contributed by atoms with Gasteiger partial charge >= 0.3 is 0 Å². The highest BCUT2D eigenvalue weighted by Crippen LogP contribution is 2.23. The number of hydrogen-bond donors (Lipinski definition) is 0. The molecule has 2 nitrogen and oxygen atoms in total. The summed E-state index contributed by atoms with van der Waals surface area (Å²) in [4.78, 5) is 5.27. The molecule has 0 heterocycles. The molecule has 0 N–H and O–H groups in total. The molecule has 194 valence electrons. The zero-order valence-corrected chi connectivity index (χ0v) is 23.7. The van der Waals surface area contributed by atoms with Gasteiger partial charge in [-0.2, -0.15) is 0 Å². The molecule has 32 heavy (non-hydrogen) atoms. The highest BCUT2D eigenvalue weighted by atomic mass is 15.2. The van der Waals surface area contributed by atoms with Gasteiger partial charge in [0.05, 0.1) is 0 Å². The Hall–Kier alpha value is -0.0800. The van der Waals surface area contributed by atoms with Crippen molar-refractivity contribution in [1.82, 2.24) is 9.80 Å². The van der Waals surface area contributed by atoms with E-state index < -0.39 is 0 Å². The lowest BCUT2D eigenvalue weighted by atomic mass is 9.93. The molecule has 0 amide bonds. The van der Waals surface area contributed by atoms with E-state index >= 15 is 0 Å². The highest BCUT2D eigenvalue weighted by Gasteiger charge is 2.23. The fourth-order valence-corrected chi connectivity index (χ4v) is 5.25. The van der Waals surface area contributed by atoms with Crippen molar-refractivity contribution >= 4 is 0 Å². The first-order valence-electron chi connectivity index (χ1n) is 15.0. The van der Waals surface area contributed by atoms with Crippen molar-refractivity contribution in [3.05, 3.63) is 0 Å². The molecule has 0 saturated heterocycles. The first-order chi connectivity index (χ1) is 15.5. The largest absolute Gasteiger partial charge is 0.304 e. The summed E-state index contributed by atoms with van der Waals surface area (Å²) in [7, 11) is 0. The summed E-state index contributed by atoms with van der Waals surface area (Å²) >= 11 is 0. The van der Waals surface area contributed by atoms with Gasteiger partial charge in [-0.25, -0.2) is 0 Å². The first kappa shape index (κ1) is 31.9. The summed E-state index contributed by atoms with van der Waals surface area (Å²) in [5.74, 6) is 0. The zero-order valence-electron chi connectivity index (χ0n) is 23.7. The minimum absolute atomic E-state index is 0.385. The summed E-state index contributed by atoms with van der Waals surface area (Å²) < 4.78 is 0. The Morgan fingerprint density at radius 1 is 0.438 bits per heavy atom. The van der Waals surface area contributed by atoms with Crippen LogP contribution in [0.3, 0.4) is 0 Å². The van der Waals surface area contributed by atoms with Crippen LogP contribution in [0.2, 0.25) is 0 Å². The molecule has 0 bridgehead atoms. The maximum atomic E-state index is 2.67. The Balaban J connectivity index is 3.35. The van der Waals surface area contributed by atoms with Crippen LogP contribution in [-0.2, 0) is 0 Å². The Bertz CT molecular complexity index is 366. The second-order valence-corrected chi connectivity index (χ2v) is 10.9. The van der Waals surface area contributed by atoms with Gasteiger partial charge < -0.3 is 4.90 Å². The molecule has 0 aliphatic rings. The van der Waals surface area contributed by atoms with Crippen LogP contribution in [0.5, 0.6) is 0 Å². The van der Waals surface area contributed by atoms with Gasteiger partial charge in [0.2, 0.25) is 0 Å². The van der Waals surface area contributed by atoms with Crippen molar-refractivity contribution in [2.24, 2.45) is 0 Å². The van der Waals surface area contributed by atoms with Crippen molar-refractivity contribution in [2.45, 2.75) is 163 Å². The predicted molar refractivity (Wildman–Crippen MR) is 148 cm³/mol. The van der Waals surface area contributed by atoms with Gasteiger partial charge in [0.25, 0.3) is 0 Å². The second kappa shape index (κ2) is 22.7. The summed E-state index contributed by atoms with van der Waals surface area (Å²) in [6.45, 7) is 20.4. The van der Waals surface area contributed by atoms with Crippen LogP contribution in [0, 0.1) is 0 Å². The third kappa shape index (κ3) is 18.4. The van der Waals surface area contributed by atoms with Gasteiger partial charge in [-0.1, -0.05) is 118 Å². The van der Waals surface area contributed by atoms with Gasteiger partial charge in [-0.15, -0.1) is 0 Å². The average Bonchev–Trinajstić information content (AvgIpc) is 2.78. The second-order valence-electron chi connectivity index (χ2n) is 10.9. The van der Waals surface area contributed by atoms with E-state index in [0.717, 1.165) is 0 Å². The topological polar surface area (TPSA) is 6.48 Å². The van der Waals surface area contributed by atoms with Crippen molar-refractivity contribution < 1.29 is 0 Å². The van der Waals surface area contributed by atoms with E-state index in [2.05, 4.69) is 51.3 Å². The maximum Gasteiger partial charge on any atom is 0.0153 e. The minimum atomic E-state index is 0.385. The fraction of sp³-hybridized carbons (Fsp3) is 1.00. The highest BCUT2D eigenvalue weighted by molar-refractivity contribution is 4.80. The van der Waals surface area contributed by atoms with E-state index in [0.29, 0.717) is 5.54 Å². The number of hydrogen-bond acceptors (Lipinski definition) is 2. The molecule has 0 atom stereocenters. The molecule has 0 aromatic heterocycles. The monoisotopic (exact) mass is 453 g/mol. The molecule has 0 rings (SSSR count). The zero-order chi connectivity index (χ0) is 23.9. The molecule has 0 aromatic rings. The first-order valence-corrected chi connectivity index (χ1v) is 15.0. The molecule has 0 aliphatic carbocycles. The molecule has 0 radical (unpaired) electrons. The van der Waals surface area contributed by atoms with Crippen molar-refractivity contribution in [3.8, 4) is 0 Å². The van der Waals surface area contributed by atoms with Crippen LogP contribution in [0.15, 0.2) is 0 Å². The number of rotatable bonds is 25. The SMILES string of the molecule is CCCN(CC)CCCCCCCCCCCCCCCCCC(C)(C)N(CC)CCC. The van der Waals surface area contributed by atoms with Crippen LogP contribution < -0.4 is 0 Å². The van der Waals surface area contributed by atoms with E-state index in [4.69, 9.17) is 0 Å². The Kier molecular flexibility index (Phi) is 22.6.